The van der Waals surface area contributed by atoms with Gasteiger partial charge in [0.25, 0.3) is 0 Å². The molecule has 2 heterocycles. The van der Waals surface area contributed by atoms with Gasteiger partial charge in [-0.2, -0.15) is 9.61 Å². The Morgan fingerprint density at radius 2 is 1.61 bits per heavy atom. The molecule has 2 aromatic heterocycles. The van der Waals surface area contributed by atoms with Gasteiger partial charge in [0.1, 0.15) is 5.82 Å². The molecule has 31 heavy (non-hydrogen) atoms. The average molecular weight is 417 g/mol. The lowest BCUT2D eigenvalue weighted by Gasteiger charge is -2.12. The van der Waals surface area contributed by atoms with Gasteiger partial charge in [-0.3, -0.25) is 0 Å². The number of nitrogens with zero attached hydrogens (tertiary/aromatic N) is 3. The number of ether oxygens (including phenoxy) is 2. The molecule has 0 aliphatic heterocycles. The van der Waals surface area contributed by atoms with Gasteiger partial charge in [-0.1, -0.05) is 32.0 Å². The molecule has 2 aromatic carbocycles. The summed E-state index contributed by atoms with van der Waals surface area (Å²) in [5, 5.41) is 8.29. The Balaban J connectivity index is 1.80. The topological polar surface area (TPSA) is 60.7 Å². The summed E-state index contributed by atoms with van der Waals surface area (Å²) in [6.07, 6.45) is 0. The van der Waals surface area contributed by atoms with Crippen LogP contribution in [-0.4, -0.2) is 28.8 Å². The van der Waals surface area contributed by atoms with Gasteiger partial charge < -0.3 is 14.8 Å². The zero-order chi connectivity index (χ0) is 22.1. The third-order valence-electron chi connectivity index (χ3n) is 5.41. The lowest BCUT2D eigenvalue weighted by molar-refractivity contribution is 0.355. The molecule has 4 rings (SSSR count). The molecule has 0 atom stereocenters. The third kappa shape index (κ3) is 3.93. The summed E-state index contributed by atoms with van der Waals surface area (Å²) in [5.74, 6) is 2.74. The van der Waals surface area contributed by atoms with Crippen LogP contribution in [0.3, 0.4) is 0 Å². The highest BCUT2D eigenvalue weighted by Gasteiger charge is 2.18. The number of aryl methyl sites for hydroxylation is 2. The maximum atomic E-state index is 5.49. The lowest BCUT2D eigenvalue weighted by atomic mass is 10.0. The molecule has 0 unspecified atom stereocenters. The van der Waals surface area contributed by atoms with Crippen LogP contribution in [0.2, 0.25) is 0 Å². The Labute approximate surface area is 182 Å². The Bertz CT molecular complexity index is 1230. The lowest BCUT2D eigenvalue weighted by Crippen LogP contribution is -2.03. The molecule has 0 saturated heterocycles. The van der Waals surface area contributed by atoms with Crippen molar-refractivity contribution in [2.45, 2.75) is 33.6 Å². The van der Waals surface area contributed by atoms with Gasteiger partial charge in [-0.15, -0.1) is 0 Å². The van der Waals surface area contributed by atoms with E-state index in [1.807, 2.05) is 42.6 Å². The molecule has 160 valence electrons. The van der Waals surface area contributed by atoms with Gasteiger partial charge in [0.05, 0.1) is 19.9 Å². The van der Waals surface area contributed by atoms with Crippen molar-refractivity contribution in [1.82, 2.24) is 14.6 Å². The zero-order valence-corrected chi connectivity index (χ0v) is 18.9. The van der Waals surface area contributed by atoms with Crippen molar-refractivity contribution >= 4 is 17.2 Å². The summed E-state index contributed by atoms with van der Waals surface area (Å²) >= 11 is 0. The number of fused-ring (bicyclic) bond motifs is 1. The molecule has 0 spiro atoms. The molecule has 1 N–H and O–H groups in total. The number of rotatable bonds is 6. The number of nitrogens with one attached hydrogen (secondary N) is 1. The molecule has 0 aliphatic rings. The number of benzene rings is 2. The van der Waals surface area contributed by atoms with Crippen LogP contribution in [0.15, 0.2) is 48.5 Å². The minimum atomic E-state index is 0.502. The number of aromatic nitrogens is 3. The van der Waals surface area contributed by atoms with E-state index in [-0.39, 0.29) is 0 Å². The van der Waals surface area contributed by atoms with Gasteiger partial charge in [-0.05, 0) is 55.2 Å². The second-order valence-electron chi connectivity index (χ2n) is 7.95. The summed E-state index contributed by atoms with van der Waals surface area (Å²) in [6.45, 7) is 8.38. The van der Waals surface area contributed by atoms with Crippen LogP contribution in [0.25, 0.3) is 16.8 Å². The van der Waals surface area contributed by atoms with Crippen LogP contribution < -0.4 is 14.8 Å². The van der Waals surface area contributed by atoms with Crippen LogP contribution in [0, 0.1) is 13.8 Å². The minimum absolute atomic E-state index is 0.502. The van der Waals surface area contributed by atoms with Crippen molar-refractivity contribution in [3.8, 4) is 22.6 Å². The minimum Gasteiger partial charge on any atom is -0.493 e. The maximum Gasteiger partial charge on any atom is 0.165 e. The van der Waals surface area contributed by atoms with Crippen molar-refractivity contribution < 1.29 is 9.47 Å². The number of hydrogen-bond donors (Lipinski definition) is 1. The number of anilines is 2. The first kappa shape index (κ1) is 20.7. The highest BCUT2D eigenvalue weighted by atomic mass is 16.5. The average Bonchev–Trinajstić information content (AvgIpc) is 3.09. The van der Waals surface area contributed by atoms with E-state index < -0.39 is 0 Å². The van der Waals surface area contributed by atoms with Crippen molar-refractivity contribution in [1.29, 1.82) is 0 Å². The van der Waals surface area contributed by atoms with Crippen LogP contribution in [0.5, 0.6) is 11.5 Å². The van der Waals surface area contributed by atoms with E-state index in [9.17, 15) is 0 Å². The second kappa shape index (κ2) is 8.30. The Hall–Kier alpha value is -3.54. The Morgan fingerprint density at radius 1 is 0.903 bits per heavy atom. The standard InChI is InChI=1S/C25H28N4O2/c1-15(2)18-7-10-20(11-8-18)27-23-13-16(3)26-25-24(17(4)28-29(23)25)19-9-12-21(30-5)22(14-19)31-6/h7-15,27H,1-6H3. The molecular formula is C25H28N4O2. The molecule has 0 aliphatic carbocycles. The van der Waals surface area contributed by atoms with Gasteiger partial charge in [0.15, 0.2) is 17.1 Å². The number of hydrogen-bond acceptors (Lipinski definition) is 5. The molecule has 0 amide bonds. The molecule has 0 fully saturated rings. The van der Waals surface area contributed by atoms with Crippen LogP contribution in [-0.2, 0) is 0 Å². The maximum absolute atomic E-state index is 5.49. The van der Waals surface area contributed by atoms with Crippen molar-refractivity contribution in [2.75, 3.05) is 19.5 Å². The molecule has 0 bridgehead atoms. The first-order valence-corrected chi connectivity index (χ1v) is 10.4. The molecule has 6 heteroatoms. The third-order valence-corrected chi connectivity index (χ3v) is 5.41. The summed E-state index contributed by atoms with van der Waals surface area (Å²) < 4.78 is 12.7. The molecule has 0 saturated carbocycles. The summed E-state index contributed by atoms with van der Waals surface area (Å²) in [6, 6.07) is 16.4. The zero-order valence-electron chi connectivity index (χ0n) is 18.9. The monoisotopic (exact) mass is 416 g/mol. The highest BCUT2D eigenvalue weighted by molar-refractivity contribution is 5.82. The van der Waals surface area contributed by atoms with Gasteiger partial charge in [-0.25, -0.2) is 4.98 Å². The largest absolute Gasteiger partial charge is 0.493 e. The quantitative estimate of drug-likeness (QED) is 0.424. The molecule has 6 nitrogen and oxygen atoms in total. The van der Waals surface area contributed by atoms with E-state index in [2.05, 4.69) is 43.4 Å². The van der Waals surface area contributed by atoms with E-state index in [1.165, 1.54) is 5.56 Å². The van der Waals surface area contributed by atoms with Gasteiger partial charge >= 0.3 is 0 Å². The van der Waals surface area contributed by atoms with Crippen LogP contribution >= 0.6 is 0 Å². The molecular weight excluding hydrogens is 388 g/mol. The fourth-order valence-electron chi connectivity index (χ4n) is 3.76. The predicted molar refractivity (Wildman–Crippen MR) is 125 cm³/mol. The predicted octanol–water partition coefficient (Wildman–Crippen LogP) is 5.90. The van der Waals surface area contributed by atoms with Crippen molar-refractivity contribution in [3.05, 3.63) is 65.5 Å². The van der Waals surface area contributed by atoms with E-state index in [0.717, 1.165) is 39.7 Å². The molecule has 0 radical (unpaired) electrons. The Morgan fingerprint density at radius 3 is 2.26 bits per heavy atom. The van der Waals surface area contributed by atoms with E-state index in [4.69, 9.17) is 19.6 Å². The van der Waals surface area contributed by atoms with Crippen molar-refractivity contribution in [2.24, 2.45) is 0 Å². The van der Waals surface area contributed by atoms with Crippen molar-refractivity contribution in [3.63, 3.8) is 0 Å². The summed E-state index contributed by atoms with van der Waals surface area (Å²) in [7, 11) is 3.27. The summed E-state index contributed by atoms with van der Waals surface area (Å²) in [4.78, 5) is 4.80. The summed E-state index contributed by atoms with van der Waals surface area (Å²) in [5.41, 5.74) is 6.88. The first-order chi connectivity index (χ1) is 14.9. The fraction of sp³-hybridized carbons (Fsp3) is 0.280. The van der Waals surface area contributed by atoms with Crippen LogP contribution in [0.4, 0.5) is 11.5 Å². The van der Waals surface area contributed by atoms with E-state index in [0.29, 0.717) is 17.4 Å². The van der Waals surface area contributed by atoms with Gasteiger partial charge in [0.2, 0.25) is 0 Å². The smallest absolute Gasteiger partial charge is 0.165 e. The first-order valence-electron chi connectivity index (χ1n) is 10.4. The second-order valence-corrected chi connectivity index (χ2v) is 7.95. The van der Waals surface area contributed by atoms with E-state index in [1.54, 1.807) is 14.2 Å². The normalized spacial score (nSPS) is 11.2. The van der Waals surface area contributed by atoms with E-state index >= 15 is 0 Å². The Kier molecular flexibility index (Phi) is 5.55. The SMILES string of the molecule is COc1ccc(-c2c(C)nn3c(Nc4ccc(C(C)C)cc4)cc(C)nc23)cc1OC. The highest BCUT2D eigenvalue weighted by Crippen LogP contribution is 2.36. The molecule has 4 aromatic rings. The number of methoxy groups -OCH3 is 2. The van der Waals surface area contributed by atoms with Gasteiger partial charge in [0, 0.05) is 23.0 Å². The fourth-order valence-corrected chi connectivity index (χ4v) is 3.76. The van der Waals surface area contributed by atoms with Crippen LogP contribution in [0.1, 0.15) is 36.7 Å².